The summed E-state index contributed by atoms with van der Waals surface area (Å²) in [7, 11) is 0. The molecule has 2 aromatic carbocycles. The number of carbonyl (C=O) groups excluding carboxylic acids is 2. The average Bonchev–Trinajstić information content (AvgIpc) is 2.60. The predicted molar refractivity (Wildman–Crippen MR) is 119 cm³/mol. The van der Waals surface area contributed by atoms with Crippen molar-refractivity contribution in [2.24, 2.45) is 0 Å². The second kappa shape index (κ2) is 9.28. The summed E-state index contributed by atoms with van der Waals surface area (Å²) in [5.74, 6) is -1.09. The molecule has 0 unspecified atom stereocenters. The number of hydrogen-bond donors (Lipinski definition) is 2. The van der Waals surface area contributed by atoms with Gasteiger partial charge in [-0.15, -0.1) is 0 Å². The first kappa shape index (κ1) is 27.2. The molecule has 0 radical (unpaired) electrons. The van der Waals surface area contributed by atoms with Crippen LogP contribution in [-0.4, -0.2) is 24.2 Å². The Balaban J connectivity index is 3.01. The maximum atomic E-state index is 14.6. The molecule has 0 heterocycles. The Morgan fingerprint density at radius 3 is 1.24 bits per heavy atom. The van der Waals surface area contributed by atoms with E-state index in [0.717, 1.165) is 52.0 Å². The number of anilines is 2. The first-order chi connectivity index (χ1) is 14.9. The number of carbonyl (C=O) groups is 2. The monoisotopic (exact) mass is 602 g/mol. The first-order valence-electron chi connectivity index (χ1n) is 9.23. The van der Waals surface area contributed by atoms with Crippen LogP contribution in [0.5, 0.6) is 0 Å². The van der Waals surface area contributed by atoms with E-state index in [0.29, 0.717) is 0 Å². The minimum absolute atomic E-state index is 0.0286. The lowest BCUT2D eigenvalue weighted by atomic mass is 9.70. The maximum Gasteiger partial charge on any atom is 0.411 e. The third-order valence-electron chi connectivity index (χ3n) is 4.91. The van der Waals surface area contributed by atoms with E-state index >= 15 is 0 Å². The molecular weight excluding hydrogens is 586 g/mol. The van der Waals surface area contributed by atoms with Gasteiger partial charge in [0.2, 0.25) is 17.2 Å². The van der Waals surface area contributed by atoms with E-state index in [-0.39, 0.29) is 31.4 Å². The zero-order valence-electron chi connectivity index (χ0n) is 17.6. The van der Waals surface area contributed by atoms with Crippen molar-refractivity contribution in [1.82, 2.24) is 0 Å². The van der Waals surface area contributed by atoms with Gasteiger partial charge in [0.05, 0.1) is 11.4 Å². The number of amides is 2. The summed E-state index contributed by atoms with van der Waals surface area (Å²) in [6, 6.07) is 3.53. The number of hydrogen-bond acceptors (Lipinski definition) is 2. The highest BCUT2D eigenvalue weighted by Gasteiger charge is 2.73. The molecule has 0 bridgehead atoms. The lowest BCUT2D eigenvalue weighted by Gasteiger charge is -2.40. The third kappa shape index (κ3) is 5.06. The van der Waals surface area contributed by atoms with E-state index < -0.39 is 40.7 Å². The summed E-state index contributed by atoms with van der Waals surface area (Å²) in [6.45, 7) is 4.52. The molecule has 0 aromatic heterocycles. The van der Waals surface area contributed by atoms with Crippen LogP contribution in [0.1, 0.15) is 36.1 Å². The molecular formula is C21H18Br2F6N2O2. The first-order valence-corrected chi connectivity index (χ1v) is 10.8. The quantitative estimate of drug-likeness (QED) is 0.365. The molecule has 0 aliphatic carbocycles. The lowest BCUT2D eigenvalue weighted by molar-refractivity contribution is -0.289. The van der Waals surface area contributed by atoms with Crippen LogP contribution in [0.25, 0.3) is 0 Å². The molecule has 0 saturated heterocycles. The molecule has 0 atom stereocenters. The molecule has 0 saturated carbocycles. The predicted octanol–water partition coefficient (Wildman–Crippen LogP) is 7.16. The van der Waals surface area contributed by atoms with Gasteiger partial charge in [0, 0.05) is 22.8 Å². The Hall–Kier alpha value is -2.08. The zero-order chi connectivity index (χ0) is 25.5. The van der Waals surface area contributed by atoms with Gasteiger partial charge in [-0.25, -0.2) is 0 Å². The molecule has 2 amide bonds. The fourth-order valence-electron chi connectivity index (χ4n) is 3.66. The Morgan fingerprint density at radius 2 is 1.00 bits per heavy atom. The van der Waals surface area contributed by atoms with E-state index in [9.17, 15) is 35.9 Å². The van der Waals surface area contributed by atoms with Crippen LogP contribution in [0.3, 0.4) is 0 Å². The number of alkyl halides is 6. The van der Waals surface area contributed by atoms with Crippen molar-refractivity contribution in [3.63, 3.8) is 0 Å². The van der Waals surface area contributed by atoms with Crippen LogP contribution >= 0.6 is 31.9 Å². The van der Waals surface area contributed by atoms with Gasteiger partial charge in [-0.2, -0.15) is 26.3 Å². The normalized spacial score (nSPS) is 12.5. The third-order valence-corrected chi connectivity index (χ3v) is 6.22. The molecule has 180 valence electrons. The fraction of sp³-hybridized carbons (Fsp3) is 0.333. The second-order valence-corrected chi connectivity index (χ2v) is 9.11. The summed E-state index contributed by atoms with van der Waals surface area (Å²) in [5, 5.41) is 4.72. The topological polar surface area (TPSA) is 58.2 Å². The Kier molecular flexibility index (Phi) is 7.64. The van der Waals surface area contributed by atoms with Crippen molar-refractivity contribution in [1.29, 1.82) is 0 Å². The molecule has 0 aliphatic heterocycles. The molecule has 2 N–H and O–H groups in total. The van der Waals surface area contributed by atoms with Crippen LogP contribution in [-0.2, 0) is 15.0 Å². The van der Waals surface area contributed by atoms with Crippen molar-refractivity contribution in [3.05, 3.63) is 55.5 Å². The van der Waals surface area contributed by atoms with Crippen molar-refractivity contribution >= 4 is 55.0 Å². The van der Waals surface area contributed by atoms with Crippen LogP contribution in [0.2, 0.25) is 0 Å². The molecule has 33 heavy (non-hydrogen) atoms. The average molecular weight is 604 g/mol. The summed E-state index contributed by atoms with van der Waals surface area (Å²) in [4.78, 5) is 22.7. The van der Waals surface area contributed by atoms with Crippen molar-refractivity contribution < 1.29 is 35.9 Å². The SMILES string of the molecule is CC(=O)Nc1cc(C)c(C(c2cc(Br)c(NC(C)=O)cc2C)(C(F)(F)F)C(F)(F)F)cc1Br. The van der Waals surface area contributed by atoms with Crippen molar-refractivity contribution in [2.75, 3.05) is 10.6 Å². The standard InChI is InChI=1S/C21H18Br2F6N2O2/c1-9-5-17(30-11(3)32)15(22)7-13(9)19(20(24,25)26,21(27,28)29)14-8-16(23)18(6-10(14)2)31-12(4)33/h5-8H,1-4H3,(H,30,32)(H,31,33). The van der Waals surface area contributed by atoms with Gasteiger partial charge in [-0.05, 0) is 92.2 Å². The van der Waals surface area contributed by atoms with Crippen LogP contribution in [0, 0.1) is 13.8 Å². The molecule has 12 heteroatoms. The van der Waals surface area contributed by atoms with Crippen LogP contribution < -0.4 is 10.6 Å². The number of rotatable bonds is 4. The van der Waals surface area contributed by atoms with Gasteiger partial charge < -0.3 is 10.6 Å². The van der Waals surface area contributed by atoms with E-state index in [1.807, 2.05) is 0 Å². The second-order valence-electron chi connectivity index (χ2n) is 7.40. The summed E-state index contributed by atoms with van der Waals surface area (Å²) in [5.41, 5.74) is -7.11. The lowest BCUT2D eigenvalue weighted by Crippen LogP contribution is -2.55. The van der Waals surface area contributed by atoms with E-state index in [1.54, 1.807) is 0 Å². The Morgan fingerprint density at radius 1 is 0.697 bits per heavy atom. The highest BCUT2D eigenvalue weighted by molar-refractivity contribution is 9.11. The van der Waals surface area contributed by atoms with E-state index in [2.05, 4.69) is 42.5 Å². The number of benzene rings is 2. The van der Waals surface area contributed by atoms with Gasteiger partial charge >= 0.3 is 12.4 Å². The Labute approximate surface area is 202 Å². The molecule has 0 spiro atoms. The van der Waals surface area contributed by atoms with Crippen LogP contribution in [0.15, 0.2) is 33.2 Å². The molecule has 4 nitrogen and oxygen atoms in total. The number of halogens is 8. The zero-order valence-corrected chi connectivity index (χ0v) is 20.8. The minimum Gasteiger partial charge on any atom is -0.325 e. The van der Waals surface area contributed by atoms with Gasteiger partial charge in [0.1, 0.15) is 0 Å². The van der Waals surface area contributed by atoms with Crippen LogP contribution in [0.4, 0.5) is 37.7 Å². The van der Waals surface area contributed by atoms with E-state index in [4.69, 9.17) is 0 Å². The summed E-state index contributed by atoms with van der Waals surface area (Å²) in [6.07, 6.45) is -11.6. The fourth-order valence-corrected chi connectivity index (χ4v) is 4.54. The Bertz CT molecular complexity index is 1030. The largest absolute Gasteiger partial charge is 0.411 e. The van der Waals surface area contributed by atoms with Gasteiger partial charge in [0.25, 0.3) is 0 Å². The van der Waals surface area contributed by atoms with Crippen molar-refractivity contribution in [3.8, 4) is 0 Å². The highest BCUT2D eigenvalue weighted by Crippen LogP contribution is 2.58. The maximum absolute atomic E-state index is 14.6. The summed E-state index contributed by atoms with van der Waals surface area (Å²) < 4.78 is 87.3. The molecule has 2 rings (SSSR count). The van der Waals surface area contributed by atoms with Gasteiger partial charge in [0.15, 0.2) is 0 Å². The molecule has 2 aromatic rings. The number of nitrogens with one attached hydrogen (secondary N) is 2. The smallest absolute Gasteiger partial charge is 0.325 e. The van der Waals surface area contributed by atoms with Gasteiger partial charge in [-0.3, -0.25) is 9.59 Å². The highest BCUT2D eigenvalue weighted by atomic mass is 79.9. The number of aryl methyl sites for hydroxylation is 2. The summed E-state index contributed by atoms with van der Waals surface area (Å²) >= 11 is 5.95. The van der Waals surface area contributed by atoms with E-state index in [1.165, 1.54) is 0 Å². The molecule has 0 fully saturated rings. The minimum atomic E-state index is -5.80. The van der Waals surface area contributed by atoms with Crippen molar-refractivity contribution in [2.45, 2.75) is 45.5 Å². The molecule has 0 aliphatic rings. The van der Waals surface area contributed by atoms with Gasteiger partial charge in [-0.1, -0.05) is 0 Å².